The van der Waals surface area contributed by atoms with E-state index in [0.717, 1.165) is 4.47 Å². The summed E-state index contributed by atoms with van der Waals surface area (Å²) in [6.45, 7) is 4.90. The van der Waals surface area contributed by atoms with Crippen LogP contribution >= 0.6 is 15.9 Å². The van der Waals surface area contributed by atoms with Crippen LogP contribution in [0.15, 0.2) is 33.8 Å². The molecule has 9 nitrogen and oxygen atoms in total. The maximum Gasteiger partial charge on any atom is 0.321 e. The molecule has 0 aliphatic heterocycles. The summed E-state index contributed by atoms with van der Waals surface area (Å²) < 4.78 is 7.06. The van der Waals surface area contributed by atoms with Crippen LogP contribution < -0.4 is 16.2 Å². The van der Waals surface area contributed by atoms with Gasteiger partial charge in [0.2, 0.25) is 0 Å². The van der Waals surface area contributed by atoms with E-state index in [2.05, 4.69) is 31.5 Å². The molecule has 28 heavy (non-hydrogen) atoms. The number of aryl methyl sites for hydroxylation is 1. The minimum Gasteiger partial charge on any atom is -0.452 e. The lowest BCUT2D eigenvalue weighted by Gasteiger charge is -2.14. The van der Waals surface area contributed by atoms with Gasteiger partial charge in [-0.25, -0.2) is 9.78 Å². The molecule has 1 aromatic heterocycles. The van der Waals surface area contributed by atoms with E-state index in [-0.39, 0.29) is 24.6 Å². The number of aromatic nitrogens is 2. The van der Waals surface area contributed by atoms with Gasteiger partial charge in [0.1, 0.15) is 0 Å². The van der Waals surface area contributed by atoms with E-state index in [1.165, 1.54) is 17.8 Å². The second-order valence-corrected chi connectivity index (χ2v) is 7.32. The Balaban J connectivity index is 1.92. The molecule has 0 bridgehead atoms. The molecule has 2 N–H and O–H groups in total. The van der Waals surface area contributed by atoms with Gasteiger partial charge in [0.05, 0.1) is 23.7 Å². The summed E-state index contributed by atoms with van der Waals surface area (Å²) in [5.41, 5.74) is 0.271. The number of carbonyl (C=O) groups is 3. The highest BCUT2D eigenvalue weighted by Crippen LogP contribution is 2.14. The van der Waals surface area contributed by atoms with Crippen molar-refractivity contribution in [1.29, 1.82) is 0 Å². The Labute approximate surface area is 169 Å². The van der Waals surface area contributed by atoms with Crippen molar-refractivity contribution in [2.24, 2.45) is 0 Å². The first-order valence-electron chi connectivity index (χ1n) is 8.63. The van der Waals surface area contributed by atoms with Gasteiger partial charge in [-0.1, -0.05) is 15.9 Å². The number of nitrogens with one attached hydrogen (secondary N) is 2. The Hall–Kier alpha value is -2.75. The van der Waals surface area contributed by atoms with E-state index in [4.69, 9.17) is 4.74 Å². The van der Waals surface area contributed by atoms with Crippen LogP contribution in [0.4, 0.5) is 4.79 Å². The number of amides is 3. The van der Waals surface area contributed by atoms with Gasteiger partial charge in [-0.2, -0.15) is 0 Å². The third kappa shape index (κ3) is 5.88. The molecule has 1 heterocycles. The molecule has 0 saturated carbocycles. The number of fused-ring (bicyclic) bond motifs is 1. The molecule has 2 rings (SSSR count). The Morgan fingerprint density at radius 2 is 1.96 bits per heavy atom. The molecule has 0 fully saturated rings. The van der Waals surface area contributed by atoms with Crippen molar-refractivity contribution in [1.82, 2.24) is 20.2 Å². The predicted molar refractivity (Wildman–Crippen MR) is 106 cm³/mol. The van der Waals surface area contributed by atoms with E-state index >= 15 is 0 Å². The first-order chi connectivity index (χ1) is 13.2. The molecule has 0 saturated heterocycles. The number of imide groups is 1. The number of esters is 1. The average molecular weight is 453 g/mol. The van der Waals surface area contributed by atoms with Crippen LogP contribution in [-0.4, -0.2) is 39.6 Å². The maximum atomic E-state index is 12.5. The number of halogens is 1. The first-order valence-corrected chi connectivity index (χ1v) is 9.42. The summed E-state index contributed by atoms with van der Waals surface area (Å²) in [4.78, 5) is 52.0. The minimum absolute atomic E-state index is 0.0509. The zero-order valence-corrected chi connectivity index (χ0v) is 17.3. The molecule has 0 radical (unpaired) electrons. The van der Waals surface area contributed by atoms with Crippen LogP contribution in [-0.2, 0) is 20.9 Å². The van der Waals surface area contributed by atoms with Crippen molar-refractivity contribution < 1.29 is 19.1 Å². The zero-order chi connectivity index (χ0) is 20.8. The van der Waals surface area contributed by atoms with Crippen LogP contribution in [0.1, 0.15) is 27.2 Å². The summed E-state index contributed by atoms with van der Waals surface area (Å²) in [6, 6.07) is 4.36. The normalized spacial score (nSPS) is 11.9. The van der Waals surface area contributed by atoms with E-state index < -0.39 is 24.0 Å². The smallest absolute Gasteiger partial charge is 0.321 e. The number of ether oxygens (including phenoxy) is 1. The van der Waals surface area contributed by atoms with Crippen molar-refractivity contribution in [3.63, 3.8) is 0 Å². The van der Waals surface area contributed by atoms with Gasteiger partial charge in [-0.05, 0) is 39.0 Å². The third-order valence-electron chi connectivity index (χ3n) is 3.68. The second-order valence-electron chi connectivity index (χ2n) is 6.40. The van der Waals surface area contributed by atoms with Crippen molar-refractivity contribution in [2.45, 2.75) is 45.9 Å². The fourth-order valence-corrected chi connectivity index (χ4v) is 2.68. The average Bonchev–Trinajstić information content (AvgIpc) is 2.60. The number of hydrogen-bond acceptors (Lipinski definition) is 6. The fraction of sp³-hybridized carbons (Fsp3) is 0.389. The van der Waals surface area contributed by atoms with Crippen molar-refractivity contribution in [3.8, 4) is 0 Å². The van der Waals surface area contributed by atoms with Crippen LogP contribution in [0.2, 0.25) is 0 Å². The van der Waals surface area contributed by atoms with Gasteiger partial charge in [0.15, 0.2) is 6.10 Å². The monoisotopic (exact) mass is 452 g/mol. The maximum absolute atomic E-state index is 12.5. The molecule has 3 amide bonds. The molecule has 0 spiro atoms. The number of nitrogens with zero attached hydrogens (tertiary/aromatic N) is 2. The topological polar surface area (TPSA) is 119 Å². The van der Waals surface area contributed by atoms with Crippen molar-refractivity contribution in [2.75, 3.05) is 0 Å². The molecular weight excluding hydrogens is 432 g/mol. The number of hydrogen-bond donors (Lipinski definition) is 2. The van der Waals surface area contributed by atoms with Crippen molar-refractivity contribution in [3.05, 3.63) is 39.4 Å². The molecule has 150 valence electrons. The quantitative estimate of drug-likeness (QED) is 0.643. The number of benzene rings is 1. The van der Waals surface area contributed by atoms with Gasteiger partial charge in [0.25, 0.3) is 11.5 Å². The summed E-state index contributed by atoms with van der Waals surface area (Å²) in [7, 11) is 0. The fourth-order valence-electron chi connectivity index (χ4n) is 2.32. The molecular formula is C18H21BrN4O5. The van der Waals surface area contributed by atoms with Crippen molar-refractivity contribution >= 4 is 44.7 Å². The Bertz CT molecular complexity index is 957. The highest BCUT2D eigenvalue weighted by atomic mass is 79.9. The third-order valence-corrected chi connectivity index (χ3v) is 4.17. The Kier molecular flexibility index (Phi) is 7.27. The summed E-state index contributed by atoms with van der Waals surface area (Å²) in [5.74, 6) is -1.41. The Morgan fingerprint density at radius 3 is 2.64 bits per heavy atom. The zero-order valence-electron chi connectivity index (χ0n) is 15.7. The Morgan fingerprint density at radius 1 is 1.25 bits per heavy atom. The summed E-state index contributed by atoms with van der Waals surface area (Å²) in [5, 5.41) is 5.01. The van der Waals surface area contributed by atoms with Gasteiger partial charge < -0.3 is 10.1 Å². The summed E-state index contributed by atoms with van der Waals surface area (Å²) >= 11 is 3.31. The van der Waals surface area contributed by atoms with E-state index in [1.54, 1.807) is 32.0 Å². The lowest BCUT2D eigenvalue weighted by molar-refractivity contribution is -0.154. The molecule has 1 unspecified atom stereocenters. The largest absolute Gasteiger partial charge is 0.452 e. The summed E-state index contributed by atoms with van der Waals surface area (Å²) in [6.07, 6.45) is 0.0858. The number of rotatable bonds is 6. The van der Waals surface area contributed by atoms with Crippen LogP contribution in [0.25, 0.3) is 10.9 Å². The predicted octanol–water partition coefficient (Wildman–Crippen LogP) is 1.72. The van der Waals surface area contributed by atoms with Crippen LogP contribution in [0.5, 0.6) is 0 Å². The number of carbonyl (C=O) groups excluding carboxylic acids is 3. The van der Waals surface area contributed by atoms with E-state index in [0.29, 0.717) is 10.9 Å². The number of urea groups is 1. The molecule has 0 aliphatic rings. The van der Waals surface area contributed by atoms with Gasteiger partial charge >= 0.3 is 12.0 Å². The molecule has 2 aromatic rings. The van der Waals surface area contributed by atoms with Crippen LogP contribution in [0.3, 0.4) is 0 Å². The highest BCUT2D eigenvalue weighted by Gasteiger charge is 2.20. The molecule has 1 aromatic carbocycles. The lowest BCUT2D eigenvalue weighted by atomic mass is 10.2. The molecule has 0 aliphatic carbocycles. The highest BCUT2D eigenvalue weighted by molar-refractivity contribution is 9.10. The van der Waals surface area contributed by atoms with E-state index in [1.807, 2.05) is 0 Å². The standard InChI is InChI=1S/C18H21BrN4O5/c1-10(2)21-18(27)22-16(25)11(3)28-15(24)6-7-23-9-20-14-5-4-12(19)8-13(14)17(23)26/h4-5,8-11H,6-7H2,1-3H3,(H2,21,22,25,27). The SMILES string of the molecule is CC(C)NC(=O)NC(=O)C(C)OC(=O)CCn1cnc2ccc(Br)cc2c1=O. The second kappa shape index (κ2) is 9.45. The molecule has 1 atom stereocenters. The van der Waals surface area contributed by atoms with Gasteiger partial charge in [-0.3, -0.25) is 24.3 Å². The molecule has 10 heteroatoms. The first kappa shape index (κ1) is 21.5. The lowest BCUT2D eigenvalue weighted by Crippen LogP contribution is -2.46. The van der Waals surface area contributed by atoms with Gasteiger partial charge in [0, 0.05) is 17.1 Å². The van der Waals surface area contributed by atoms with Gasteiger partial charge in [-0.15, -0.1) is 0 Å². The minimum atomic E-state index is -1.15. The van der Waals surface area contributed by atoms with Crippen LogP contribution in [0, 0.1) is 0 Å². The van der Waals surface area contributed by atoms with E-state index in [9.17, 15) is 19.2 Å².